The maximum atomic E-state index is 12.6. The minimum atomic E-state index is -2.48. The lowest BCUT2D eigenvalue weighted by Gasteiger charge is -2.29. The fourth-order valence-corrected chi connectivity index (χ4v) is 2.07. The summed E-state index contributed by atoms with van der Waals surface area (Å²) in [6.45, 7) is 0.910. The molecule has 14 nitrogen and oxygen atoms in total. The molecular formula is C13H15N3O11. The van der Waals surface area contributed by atoms with Gasteiger partial charge >= 0.3 is 0 Å². The molecule has 148 valence electrons. The molecule has 0 saturated carbocycles. The van der Waals surface area contributed by atoms with Crippen molar-refractivity contribution in [2.24, 2.45) is 0 Å². The number of aliphatic hydroxyl groups excluding tert-OH is 1. The van der Waals surface area contributed by atoms with Crippen LogP contribution in [0.1, 0.15) is 13.9 Å². The number of rotatable bonds is 12. The van der Waals surface area contributed by atoms with Crippen molar-refractivity contribution in [1.29, 1.82) is 0 Å². The van der Waals surface area contributed by atoms with Gasteiger partial charge in [0.25, 0.3) is 15.3 Å². The summed E-state index contributed by atoms with van der Waals surface area (Å²) < 4.78 is 7.94. The quantitative estimate of drug-likeness (QED) is 0.370. The lowest BCUT2D eigenvalue weighted by molar-refractivity contribution is -0.815. The van der Waals surface area contributed by atoms with Crippen molar-refractivity contribution in [3.8, 4) is 0 Å². The third kappa shape index (κ3) is 7.07. The van der Waals surface area contributed by atoms with Crippen LogP contribution in [0.15, 0.2) is 30.3 Å². The summed E-state index contributed by atoms with van der Waals surface area (Å²) in [5.41, 5.74) is 0.0630. The van der Waals surface area contributed by atoms with Crippen LogP contribution in [0, 0.1) is 30.3 Å². The molecule has 14 heteroatoms. The highest BCUT2D eigenvalue weighted by Crippen LogP contribution is 2.19. The maximum absolute atomic E-state index is 12.6. The highest BCUT2D eigenvalue weighted by molar-refractivity contribution is 5.85. The van der Waals surface area contributed by atoms with Gasteiger partial charge in [0.05, 0.1) is 6.10 Å². The Morgan fingerprint density at radius 3 is 1.96 bits per heavy atom. The van der Waals surface area contributed by atoms with Crippen molar-refractivity contribution in [2.75, 3.05) is 0 Å². The van der Waals surface area contributed by atoms with Gasteiger partial charge in [0.2, 0.25) is 0 Å². The number of hydrogen-bond acceptors (Lipinski definition) is 11. The van der Waals surface area contributed by atoms with E-state index in [9.17, 15) is 40.2 Å². The molecule has 0 spiro atoms. The molecule has 27 heavy (non-hydrogen) atoms. The van der Waals surface area contributed by atoms with Gasteiger partial charge in [-0.25, -0.2) is 0 Å². The lowest BCUT2D eigenvalue weighted by Crippen LogP contribution is -2.53. The van der Waals surface area contributed by atoms with Crippen LogP contribution in [0.3, 0.4) is 0 Å². The number of nitrogens with zero attached hydrogens (tertiary/aromatic N) is 3. The smallest absolute Gasteiger partial charge is 0.295 e. The van der Waals surface area contributed by atoms with Gasteiger partial charge in [-0.3, -0.25) is 4.79 Å². The van der Waals surface area contributed by atoms with Crippen molar-refractivity contribution in [3.05, 3.63) is 66.2 Å². The summed E-state index contributed by atoms with van der Waals surface area (Å²) in [4.78, 5) is 57.1. The SMILES string of the molecule is [2H]C(C(=O)[C@H](O[N+](=O)[O-])[C@@H](O[N+](=O)[O-])[C@H](O[N+](=O)[O-])[C@@H](C)O)c1ccccc1. The fraction of sp³-hybridized carbons (Fsp3) is 0.462. The molecule has 1 rings (SSSR count). The van der Waals surface area contributed by atoms with Gasteiger partial charge in [-0.1, -0.05) is 30.3 Å². The molecule has 0 fully saturated rings. The molecule has 1 aromatic carbocycles. The zero-order valence-corrected chi connectivity index (χ0v) is 13.6. The molecule has 1 N–H and O–H groups in total. The van der Waals surface area contributed by atoms with Crippen LogP contribution in [0.25, 0.3) is 0 Å². The molecule has 1 unspecified atom stereocenters. The number of hydrogen-bond donors (Lipinski definition) is 1. The number of ketones is 1. The van der Waals surface area contributed by atoms with E-state index in [0.717, 1.165) is 6.92 Å². The van der Waals surface area contributed by atoms with E-state index >= 15 is 0 Å². The summed E-state index contributed by atoms with van der Waals surface area (Å²) in [5.74, 6) is -1.38. The van der Waals surface area contributed by atoms with Crippen LogP contribution in [0.5, 0.6) is 0 Å². The van der Waals surface area contributed by atoms with Crippen LogP contribution < -0.4 is 0 Å². The zero-order valence-electron chi connectivity index (χ0n) is 14.6. The van der Waals surface area contributed by atoms with E-state index < -0.39 is 51.9 Å². The monoisotopic (exact) mass is 390 g/mol. The Morgan fingerprint density at radius 1 is 1.04 bits per heavy atom. The van der Waals surface area contributed by atoms with Gasteiger partial charge < -0.3 is 19.6 Å². The third-order valence-electron chi connectivity index (χ3n) is 3.10. The first kappa shape index (κ1) is 19.8. The summed E-state index contributed by atoms with van der Waals surface area (Å²) in [6.07, 6.45) is -10.8. The van der Waals surface area contributed by atoms with E-state index in [2.05, 4.69) is 14.5 Å². The van der Waals surface area contributed by atoms with Crippen LogP contribution in [0.4, 0.5) is 0 Å². The van der Waals surface area contributed by atoms with Gasteiger partial charge in [0.15, 0.2) is 24.1 Å². The van der Waals surface area contributed by atoms with E-state index in [4.69, 9.17) is 1.37 Å². The molecule has 0 amide bonds. The van der Waals surface area contributed by atoms with Gasteiger partial charge in [0.1, 0.15) is 0 Å². The second kappa shape index (κ2) is 9.81. The Kier molecular flexibility index (Phi) is 7.18. The topological polar surface area (TPSA) is 194 Å². The first-order valence-corrected chi connectivity index (χ1v) is 7.17. The largest absolute Gasteiger partial charge is 0.391 e. The van der Waals surface area contributed by atoms with E-state index in [1.165, 1.54) is 24.3 Å². The van der Waals surface area contributed by atoms with Gasteiger partial charge in [0, 0.05) is 7.77 Å². The summed E-state index contributed by atoms with van der Waals surface area (Å²) >= 11 is 0. The summed E-state index contributed by atoms with van der Waals surface area (Å²) in [6, 6.07) is 7.17. The van der Waals surface area contributed by atoms with Crippen molar-refractivity contribution < 1.29 is 41.0 Å². The molecule has 0 aliphatic heterocycles. The molecule has 0 aliphatic carbocycles. The molecule has 0 heterocycles. The molecule has 1 aromatic rings. The fourth-order valence-electron chi connectivity index (χ4n) is 2.07. The highest BCUT2D eigenvalue weighted by Gasteiger charge is 2.44. The standard InChI is InChI=1S/C13H15N3O11/c1-8(17)11(25-14(19)20)13(27-16(23)24)12(26-15(21)22)10(18)7-9-5-3-2-4-6-9/h2-6,8,11-13,17H,7H2,1H3/t8-,11-,12+,13+/m1/s1/i7D/t7?,8-,11-,12+,13+. The predicted octanol–water partition coefficient (Wildman–Crippen LogP) is -0.0903. The average Bonchev–Trinajstić information content (AvgIpc) is 2.61. The van der Waals surface area contributed by atoms with Gasteiger partial charge in [-0.15, -0.1) is 30.3 Å². The van der Waals surface area contributed by atoms with Crippen molar-refractivity contribution in [3.63, 3.8) is 0 Å². The average molecular weight is 390 g/mol. The first-order valence-electron chi connectivity index (χ1n) is 7.74. The second-order valence-electron chi connectivity index (χ2n) is 5.03. The predicted molar refractivity (Wildman–Crippen MR) is 82.4 cm³/mol. The van der Waals surface area contributed by atoms with Gasteiger partial charge in [-0.2, -0.15) is 0 Å². The van der Waals surface area contributed by atoms with Gasteiger partial charge in [-0.05, 0) is 12.5 Å². The first-order chi connectivity index (χ1) is 13.0. The van der Waals surface area contributed by atoms with Crippen molar-refractivity contribution in [2.45, 2.75) is 37.7 Å². The molecule has 0 bridgehead atoms. The Bertz CT molecular complexity index is 717. The highest BCUT2D eigenvalue weighted by atomic mass is 17.0. The molecule has 0 aromatic heterocycles. The number of carbonyl (C=O) groups is 1. The van der Waals surface area contributed by atoms with Crippen LogP contribution in [0.2, 0.25) is 0 Å². The Labute approximate surface area is 152 Å². The molecule has 0 saturated heterocycles. The molecular weight excluding hydrogens is 374 g/mol. The van der Waals surface area contributed by atoms with Crippen LogP contribution in [-0.4, -0.2) is 50.6 Å². The summed E-state index contributed by atoms with van der Waals surface area (Å²) in [5, 5.41) is 37.4. The Morgan fingerprint density at radius 2 is 1.52 bits per heavy atom. The zero-order chi connectivity index (χ0) is 21.4. The minimum absolute atomic E-state index is 0.0630. The number of benzene rings is 1. The second-order valence-corrected chi connectivity index (χ2v) is 5.03. The summed E-state index contributed by atoms with van der Waals surface area (Å²) in [7, 11) is 0. The third-order valence-corrected chi connectivity index (χ3v) is 3.10. The normalized spacial score (nSPS) is 16.6. The van der Waals surface area contributed by atoms with E-state index in [0.29, 0.717) is 0 Å². The van der Waals surface area contributed by atoms with E-state index in [1.54, 1.807) is 6.07 Å². The molecule has 0 radical (unpaired) electrons. The van der Waals surface area contributed by atoms with Crippen LogP contribution >= 0.6 is 0 Å². The van der Waals surface area contributed by atoms with E-state index in [-0.39, 0.29) is 5.56 Å². The molecule has 0 aliphatic rings. The molecule has 5 atom stereocenters. The van der Waals surface area contributed by atoms with Crippen LogP contribution in [-0.2, 0) is 25.7 Å². The maximum Gasteiger partial charge on any atom is 0.295 e. The Balaban J connectivity index is 3.35. The number of aliphatic hydroxyl groups is 1. The number of carbonyl (C=O) groups excluding carboxylic acids is 1. The van der Waals surface area contributed by atoms with Crippen molar-refractivity contribution in [1.82, 2.24) is 0 Å². The Hall–Kier alpha value is -3.55. The van der Waals surface area contributed by atoms with Crippen molar-refractivity contribution >= 4 is 5.78 Å². The number of Topliss-reactive ketones (excluding diaryl/α,β-unsaturated/α-hetero) is 1. The lowest BCUT2D eigenvalue weighted by atomic mass is 9.97. The minimum Gasteiger partial charge on any atom is -0.391 e. The van der Waals surface area contributed by atoms with E-state index in [1.807, 2.05) is 0 Å².